The number of rotatable bonds is 3. The molecule has 0 aromatic carbocycles. The molecule has 2 rings (SSSR count). The molecule has 2 aliphatic heterocycles. The van der Waals surface area contributed by atoms with Gasteiger partial charge in [-0.25, -0.2) is 0 Å². The van der Waals surface area contributed by atoms with E-state index in [4.69, 9.17) is 0 Å². The Bertz CT molecular complexity index is 221. The molecule has 0 radical (unpaired) electrons. The predicted molar refractivity (Wildman–Crippen MR) is 59.5 cm³/mol. The van der Waals surface area contributed by atoms with Crippen LogP contribution in [0, 0.1) is 5.92 Å². The summed E-state index contributed by atoms with van der Waals surface area (Å²) in [5, 5.41) is 3.45. The highest BCUT2D eigenvalue weighted by molar-refractivity contribution is 8.00. The van der Waals surface area contributed by atoms with Crippen LogP contribution < -0.4 is 5.32 Å². The lowest BCUT2D eigenvalue weighted by Crippen LogP contribution is -2.40. The minimum absolute atomic E-state index is 0.0916. The highest BCUT2D eigenvalue weighted by atomic mass is 32.2. The Labute approximate surface area is 97.9 Å². The molecule has 2 nitrogen and oxygen atoms in total. The predicted octanol–water partition coefficient (Wildman–Crippen LogP) is 1.92. The van der Waals surface area contributed by atoms with Gasteiger partial charge in [-0.2, -0.15) is 13.2 Å². The summed E-state index contributed by atoms with van der Waals surface area (Å²) in [7, 11) is 0. The monoisotopic (exact) mass is 254 g/mol. The number of alkyl halides is 3. The van der Waals surface area contributed by atoms with Gasteiger partial charge in [0.1, 0.15) is 0 Å². The van der Waals surface area contributed by atoms with Crippen molar-refractivity contribution in [3.63, 3.8) is 0 Å². The molecule has 6 heteroatoms. The maximum absolute atomic E-state index is 12.0. The lowest BCUT2D eigenvalue weighted by molar-refractivity contribution is -0.0328. The summed E-state index contributed by atoms with van der Waals surface area (Å²) < 4.78 is 35.9. The first-order chi connectivity index (χ1) is 7.54. The van der Waals surface area contributed by atoms with Gasteiger partial charge in [0.15, 0.2) is 0 Å². The molecule has 2 heterocycles. The smallest absolute Gasteiger partial charge is 0.312 e. The summed E-state index contributed by atoms with van der Waals surface area (Å²) in [4.78, 5) is 2.16. The van der Waals surface area contributed by atoms with Crippen molar-refractivity contribution >= 4 is 11.8 Å². The van der Waals surface area contributed by atoms with Gasteiger partial charge < -0.3 is 10.2 Å². The molecule has 0 aromatic rings. The van der Waals surface area contributed by atoms with Crippen LogP contribution in [0.1, 0.15) is 12.8 Å². The standard InChI is InChI=1S/C10H17F3N2S/c11-10(12,13)16-5-4-15-6-8-2-1-3-14-9(8)7-15/h8-9,14H,1-7H2. The van der Waals surface area contributed by atoms with Crippen molar-refractivity contribution in [1.29, 1.82) is 0 Å². The van der Waals surface area contributed by atoms with E-state index in [-0.39, 0.29) is 17.5 Å². The molecule has 0 saturated carbocycles. The molecule has 0 bridgehead atoms. The van der Waals surface area contributed by atoms with Gasteiger partial charge in [0.25, 0.3) is 0 Å². The van der Waals surface area contributed by atoms with Gasteiger partial charge in [-0.1, -0.05) is 0 Å². The van der Waals surface area contributed by atoms with Crippen molar-refractivity contribution < 1.29 is 13.2 Å². The number of halogens is 3. The van der Waals surface area contributed by atoms with Gasteiger partial charge in [-0.05, 0) is 37.1 Å². The fourth-order valence-electron chi connectivity index (χ4n) is 2.61. The van der Waals surface area contributed by atoms with Crippen molar-refractivity contribution in [2.75, 3.05) is 31.9 Å². The molecule has 0 amide bonds. The fraction of sp³-hybridized carbons (Fsp3) is 1.00. The van der Waals surface area contributed by atoms with Crippen LogP contribution in [-0.2, 0) is 0 Å². The van der Waals surface area contributed by atoms with E-state index in [0.29, 0.717) is 18.5 Å². The zero-order valence-corrected chi connectivity index (χ0v) is 9.91. The van der Waals surface area contributed by atoms with Crippen LogP contribution in [-0.4, -0.2) is 48.4 Å². The molecule has 1 N–H and O–H groups in total. The molecule has 2 aliphatic rings. The molecular formula is C10H17F3N2S. The van der Waals surface area contributed by atoms with E-state index in [2.05, 4.69) is 10.2 Å². The molecule has 2 saturated heterocycles. The molecular weight excluding hydrogens is 237 g/mol. The van der Waals surface area contributed by atoms with Gasteiger partial charge in [0.05, 0.1) is 0 Å². The molecule has 2 fully saturated rings. The van der Waals surface area contributed by atoms with Crippen LogP contribution in [0.15, 0.2) is 0 Å². The molecule has 16 heavy (non-hydrogen) atoms. The second-order valence-electron chi connectivity index (χ2n) is 4.52. The van der Waals surface area contributed by atoms with E-state index in [1.807, 2.05) is 0 Å². The summed E-state index contributed by atoms with van der Waals surface area (Å²) in [5.41, 5.74) is -4.08. The van der Waals surface area contributed by atoms with Crippen LogP contribution in [0.4, 0.5) is 13.2 Å². The number of hydrogen-bond donors (Lipinski definition) is 1. The van der Waals surface area contributed by atoms with Crippen molar-refractivity contribution in [3.8, 4) is 0 Å². The number of likely N-dealkylation sites (tertiary alicyclic amines) is 1. The summed E-state index contributed by atoms with van der Waals surface area (Å²) >= 11 is 0.0916. The van der Waals surface area contributed by atoms with Gasteiger partial charge in [-0.3, -0.25) is 0 Å². The Morgan fingerprint density at radius 3 is 2.81 bits per heavy atom. The van der Waals surface area contributed by atoms with Crippen molar-refractivity contribution in [2.24, 2.45) is 5.92 Å². The highest BCUT2D eigenvalue weighted by Gasteiger charge is 2.34. The van der Waals surface area contributed by atoms with Crippen molar-refractivity contribution in [1.82, 2.24) is 10.2 Å². The Morgan fingerprint density at radius 2 is 2.12 bits per heavy atom. The minimum Gasteiger partial charge on any atom is -0.312 e. The second kappa shape index (κ2) is 5.14. The third kappa shape index (κ3) is 3.53. The number of piperidine rings is 1. The highest BCUT2D eigenvalue weighted by Crippen LogP contribution is 2.31. The van der Waals surface area contributed by atoms with E-state index < -0.39 is 5.51 Å². The first kappa shape index (κ1) is 12.5. The number of thioether (sulfide) groups is 1. The van der Waals surface area contributed by atoms with Gasteiger partial charge in [0, 0.05) is 31.4 Å². The summed E-state index contributed by atoms with van der Waals surface area (Å²) in [6.07, 6.45) is 2.42. The van der Waals surface area contributed by atoms with Gasteiger partial charge in [-0.15, -0.1) is 0 Å². The fourth-order valence-corrected chi connectivity index (χ4v) is 3.19. The van der Waals surface area contributed by atoms with E-state index in [9.17, 15) is 13.2 Å². The van der Waals surface area contributed by atoms with Gasteiger partial charge >= 0.3 is 5.51 Å². The lowest BCUT2D eigenvalue weighted by Gasteiger charge is -2.24. The number of nitrogens with zero attached hydrogens (tertiary/aromatic N) is 1. The summed E-state index contributed by atoms with van der Waals surface area (Å²) in [5.74, 6) is 0.813. The number of fused-ring (bicyclic) bond motifs is 1. The topological polar surface area (TPSA) is 15.3 Å². The van der Waals surface area contributed by atoms with Gasteiger partial charge in [0.2, 0.25) is 0 Å². The molecule has 2 unspecified atom stereocenters. The quantitative estimate of drug-likeness (QED) is 0.828. The lowest BCUT2D eigenvalue weighted by atomic mass is 9.94. The molecule has 0 aliphatic carbocycles. The van der Waals surface area contributed by atoms with E-state index in [0.717, 1.165) is 19.6 Å². The van der Waals surface area contributed by atoms with Crippen molar-refractivity contribution in [2.45, 2.75) is 24.4 Å². The third-order valence-electron chi connectivity index (χ3n) is 3.35. The Hall–Kier alpha value is 0.0600. The number of hydrogen-bond acceptors (Lipinski definition) is 3. The van der Waals surface area contributed by atoms with E-state index in [1.54, 1.807) is 0 Å². The van der Waals surface area contributed by atoms with E-state index in [1.165, 1.54) is 12.8 Å². The normalized spacial score (nSPS) is 31.7. The van der Waals surface area contributed by atoms with Crippen LogP contribution in [0.3, 0.4) is 0 Å². The van der Waals surface area contributed by atoms with Crippen LogP contribution in [0.5, 0.6) is 0 Å². The Balaban J connectivity index is 1.68. The zero-order valence-electron chi connectivity index (χ0n) is 9.09. The Morgan fingerprint density at radius 1 is 1.31 bits per heavy atom. The van der Waals surface area contributed by atoms with Crippen LogP contribution in [0.2, 0.25) is 0 Å². The van der Waals surface area contributed by atoms with Crippen molar-refractivity contribution in [3.05, 3.63) is 0 Å². The second-order valence-corrected chi connectivity index (χ2v) is 5.68. The third-order valence-corrected chi connectivity index (χ3v) is 4.06. The average Bonchev–Trinajstić information content (AvgIpc) is 2.57. The SMILES string of the molecule is FC(F)(F)SCCN1CC2CCCNC2C1. The number of nitrogens with one attached hydrogen (secondary N) is 1. The minimum atomic E-state index is -4.08. The zero-order chi connectivity index (χ0) is 11.6. The Kier molecular flexibility index (Phi) is 4.02. The maximum Gasteiger partial charge on any atom is 0.441 e. The molecule has 2 atom stereocenters. The van der Waals surface area contributed by atoms with E-state index >= 15 is 0 Å². The molecule has 0 spiro atoms. The maximum atomic E-state index is 12.0. The summed E-state index contributed by atoms with van der Waals surface area (Å²) in [6.45, 7) is 3.50. The van der Waals surface area contributed by atoms with Crippen LogP contribution >= 0.6 is 11.8 Å². The largest absolute Gasteiger partial charge is 0.441 e. The summed E-state index contributed by atoms with van der Waals surface area (Å²) in [6, 6.07) is 0.518. The first-order valence-corrected chi connectivity index (χ1v) is 6.69. The molecule has 94 valence electrons. The van der Waals surface area contributed by atoms with Crippen LogP contribution in [0.25, 0.3) is 0 Å². The first-order valence-electron chi connectivity index (χ1n) is 5.71. The average molecular weight is 254 g/mol. The molecule has 0 aromatic heterocycles.